The second-order valence-electron chi connectivity index (χ2n) is 2.77. The van der Waals surface area contributed by atoms with Crippen LogP contribution in [0.25, 0.3) is 0 Å². The van der Waals surface area contributed by atoms with E-state index in [-0.39, 0.29) is 0 Å². The van der Waals surface area contributed by atoms with Crippen molar-refractivity contribution in [3.05, 3.63) is 12.2 Å². The Morgan fingerprint density at radius 2 is 2.42 bits per heavy atom. The molecule has 0 spiro atoms. The van der Waals surface area contributed by atoms with Crippen molar-refractivity contribution in [2.75, 3.05) is 0 Å². The first-order valence-corrected chi connectivity index (χ1v) is 4.01. The molecule has 12 heavy (non-hydrogen) atoms. The average molecular weight is 166 g/mol. The van der Waals surface area contributed by atoms with Gasteiger partial charge in [-0.25, -0.2) is 4.79 Å². The summed E-state index contributed by atoms with van der Waals surface area (Å²) in [5.74, 6) is 1.96. The van der Waals surface area contributed by atoms with Crippen LogP contribution in [0.15, 0.2) is 12.2 Å². The molecule has 0 aromatic rings. The number of carbonyl (C=O) groups is 1. The molecule has 0 aliphatic rings. The normalized spacial score (nSPS) is 12.7. The van der Waals surface area contributed by atoms with Crippen LogP contribution in [0, 0.1) is 18.3 Å². The van der Waals surface area contributed by atoms with Crippen LogP contribution in [-0.2, 0) is 4.79 Å². The van der Waals surface area contributed by atoms with Crippen LogP contribution in [0.1, 0.15) is 26.2 Å². The molecule has 1 atom stereocenters. The van der Waals surface area contributed by atoms with E-state index in [4.69, 9.17) is 11.5 Å². The van der Waals surface area contributed by atoms with Gasteiger partial charge in [-0.3, -0.25) is 0 Å². The third-order valence-corrected chi connectivity index (χ3v) is 1.55. The molecule has 0 saturated heterocycles. The molecule has 0 rings (SSSR count). The molecule has 0 radical (unpaired) electrons. The molecule has 0 aromatic carbocycles. The van der Waals surface area contributed by atoms with E-state index >= 15 is 0 Å². The molecular weight excluding hydrogens is 152 g/mol. The highest BCUT2D eigenvalue weighted by Gasteiger charge is 1.96. The van der Waals surface area contributed by atoms with Gasteiger partial charge in [0.05, 0.1) is 0 Å². The lowest BCUT2D eigenvalue weighted by Crippen LogP contribution is -1.92. The number of allylic oxidation sites excluding steroid dienone is 1. The zero-order valence-corrected chi connectivity index (χ0v) is 7.29. The number of hydrogen-bond donors (Lipinski definition) is 1. The summed E-state index contributed by atoms with van der Waals surface area (Å²) >= 11 is 0. The number of aliphatic carboxylic acids is 1. The van der Waals surface area contributed by atoms with Crippen molar-refractivity contribution < 1.29 is 9.90 Å². The van der Waals surface area contributed by atoms with Gasteiger partial charge in [-0.15, -0.1) is 12.3 Å². The quantitative estimate of drug-likeness (QED) is 0.385. The number of rotatable bonds is 5. The smallest absolute Gasteiger partial charge is 0.327 e. The van der Waals surface area contributed by atoms with E-state index in [1.165, 1.54) is 6.08 Å². The third-order valence-electron chi connectivity index (χ3n) is 1.55. The summed E-state index contributed by atoms with van der Waals surface area (Å²) in [6, 6.07) is 0. The van der Waals surface area contributed by atoms with Gasteiger partial charge in [-0.1, -0.05) is 13.0 Å². The van der Waals surface area contributed by atoms with Crippen molar-refractivity contribution in [2.45, 2.75) is 26.2 Å². The number of carboxylic acids is 1. The summed E-state index contributed by atoms with van der Waals surface area (Å²) in [4.78, 5) is 10.1. The van der Waals surface area contributed by atoms with E-state index in [1.807, 2.05) is 6.92 Å². The molecule has 1 N–H and O–H groups in total. The lowest BCUT2D eigenvalue weighted by Gasteiger charge is -2.01. The zero-order valence-electron chi connectivity index (χ0n) is 7.29. The van der Waals surface area contributed by atoms with Gasteiger partial charge in [0.1, 0.15) is 0 Å². The highest BCUT2D eigenvalue weighted by atomic mass is 16.4. The lowest BCUT2D eigenvalue weighted by molar-refractivity contribution is -0.131. The molecule has 0 fully saturated rings. The molecule has 2 heteroatoms. The van der Waals surface area contributed by atoms with Gasteiger partial charge in [-0.2, -0.15) is 0 Å². The first kappa shape index (κ1) is 10.8. The van der Waals surface area contributed by atoms with Crippen LogP contribution >= 0.6 is 0 Å². The molecule has 0 bridgehead atoms. The van der Waals surface area contributed by atoms with Crippen molar-refractivity contribution in [3.8, 4) is 12.3 Å². The lowest BCUT2D eigenvalue weighted by atomic mass is 10.0. The minimum Gasteiger partial charge on any atom is -0.478 e. The summed E-state index contributed by atoms with van der Waals surface area (Å²) in [5, 5.41) is 8.31. The van der Waals surface area contributed by atoms with Gasteiger partial charge in [-0.05, 0) is 18.8 Å². The Labute approximate surface area is 73.3 Å². The second-order valence-corrected chi connectivity index (χ2v) is 2.77. The highest BCUT2D eigenvalue weighted by Crippen LogP contribution is 2.08. The Kier molecular flexibility index (Phi) is 5.81. The predicted molar refractivity (Wildman–Crippen MR) is 48.6 cm³/mol. The first-order valence-electron chi connectivity index (χ1n) is 4.01. The maximum atomic E-state index is 10.1. The molecule has 1 unspecified atom stereocenters. The number of terminal acetylenes is 1. The van der Waals surface area contributed by atoms with Crippen LogP contribution in [0.4, 0.5) is 0 Å². The van der Waals surface area contributed by atoms with Crippen molar-refractivity contribution >= 4 is 5.97 Å². The van der Waals surface area contributed by atoms with Crippen LogP contribution in [-0.4, -0.2) is 11.1 Å². The molecule has 66 valence electrons. The van der Waals surface area contributed by atoms with E-state index in [2.05, 4.69) is 5.92 Å². The van der Waals surface area contributed by atoms with Gasteiger partial charge in [0.15, 0.2) is 0 Å². The average Bonchev–Trinajstić information content (AvgIpc) is 2.01. The Morgan fingerprint density at radius 1 is 1.75 bits per heavy atom. The van der Waals surface area contributed by atoms with Gasteiger partial charge >= 0.3 is 5.97 Å². The third kappa shape index (κ3) is 6.88. The van der Waals surface area contributed by atoms with Gasteiger partial charge in [0, 0.05) is 12.5 Å². The molecule has 2 nitrogen and oxygen atoms in total. The zero-order chi connectivity index (χ0) is 9.40. The van der Waals surface area contributed by atoms with Crippen LogP contribution in [0.5, 0.6) is 0 Å². The predicted octanol–water partition coefficient (Wildman–Crippen LogP) is 2.07. The van der Waals surface area contributed by atoms with Crippen LogP contribution < -0.4 is 0 Å². The molecule has 0 aromatic heterocycles. The second kappa shape index (κ2) is 6.48. The highest BCUT2D eigenvalue weighted by molar-refractivity contribution is 5.79. The first-order chi connectivity index (χ1) is 5.66. The topological polar surface area (TPSA) is 37.3 Å². The standard InChI is InChI=1S/C10H14O2/c1-3-4-5-6-9(2)7-8-10(11)12/h1,7-9H,4-6H2,2H3,(H,11,12)/b8-7+. The SMILES string of the molecule is C#CCCCC(C)/C=C/C(=O)O. The molecule has 0 aliphatic carbocycles. The minimum absolute atomic E-state index is 0.300. The van der Waals surface area contributed by atoms with Gasteiger partial charge in [0.25, 0.3) is 0 Å². The van der Waals surface area contributed by atoms with Crippen molar-refractivity contribution in [2.24, 2.45) is 5.92 Å². The summed E-state index contributed by atoms with van der Waals surface area (Å²) in [6.45, 7) is 1.98. The Morgan fingerprint density at radius 3 is 2.92 bits per heavy atom. The molecule has 0 heterocycles. The Balaban J connectivity index is 3.53. The summed E-state index contributed by atoms with van der Waals surface area (Å²) in [6.07, 6.45) is 10.6. The van der Waals surface area contributed by atoms with Crippen molar-refractivity contribution in [3.63, 3.8) is 0 Å². The molecule has 0 aliphatic heterocycles. The number of carboxylic acid groups (broad SMARTS) is 1. The summed E-state index contributed by atoms with van der Waals surface area (Å²) in [7, 11) is 0. The van der Waals surface area contributed by atoms with Gasteiger partial charge < -0.3 is 5.11 Å². The van der Waals surface area contributed by atoms with E-state index in [9.17, 15) is 4.79 Å². The number of unbranched alkanes of at least 4 members (excludes halogenated alkanes) is 1. The Bertz CT molecular complexity index is 198. The maximum absolute atomic E-state index is 10.1. The fraction of sp³-hybridized carbons (Fsp3) is 0.500. The van der Waals surface area contributed by atoms with E-state index < -0.39 is 5.97 Å². The minimum atomic E-state index is -0.890. The van der Waals surface area contributed by atoms with Crippen molar-refractivity contribution in [1.29, 1.82) is 0 Å². The summed E-state index contributed by atoms with van der Waals surface area (Å²) in [5.41, 5.74) is 0. The number of hydrogen-bond acceptors (Lipinski definition) is 1. The largest absolute Gasteiger partial charge is 0.478 e. The van der Waals surface area contributed by atoms with Gasteiger partial charge in [0.2, 0.25) is 0 Å². The van der Waals surface area contributed by atoms with Crippen molar-refractivity contribution in [1.82, 2.24) is 0 Å². The summed E-state index contributed by atoms with van der Waals surface area (Å²) < 4.78 is 0. The van der Waals surface area contributed by atoms with Crippen LogP contribution in [0.3, 0.4) is 0 Å². The molecule has 0 saturated carbocycles. The monoisotopic (exact) mass is 166 g/mol. The molecule has 0 amide bonds. The van der Waals surface area contributed by atoms with Crippen LogP contribution in [0.2, 0.25) is 0 Å². The van der Waals surface area contributed by atoms with E-state index in [0.717, 1.165) is 19.3 Å². The Hall–Kier alpha value is -1.23. The van der Waals surface area contributed by atoms with E-state index in [1.54, 1.807) is 6.08 Å². The fourth-order valence-electron chi connectivity index (χ4n) is 0.869. The molecular formula is C10H14O2. The fourth-order valence-corrected chi connectivity index (χ4v) is 0.869. The maximum Gasteiger partial charge on any atom is 0.327 e. The van der Waals surface area contributed by atoms with E-state index in [0.29, 0.717) is 5.92 Å².